The van der Waals surface area contributed by atoms with E-state index >= 15 is 0 Å². The summed E-state index contributed by atoms with van der Waals surface area (Å²) in [4.78, 5) is 27.5. The Morgan fingerprint density at radius 2 is 2.17 bits per heavy atom. The van der Waals surface area contributed by atoms with Gasteiger partial charge in [0, 0.05) is 0 Å². The number of carbonyl (C=O) groups excluding carboxylic acids is 2. The van der Waals surface area contributed by atoms with Crippen molar-refractivity contribution in [1.29, 1.82) is 0 Å². The molecule has 0 spiro atoms. The van der Waals surface area contributed by atoms with Crippen molar-refractivity contribution in [3.63, 3.8) is 0 Å². The van der Waals surface area contributed by atoms with E-state index in [9.17, 15) is 9.59 Å². The summed E-state index contributed by atoms with van der Waals surface area (Å²) in [5, 5.41) is 10.1. The third-order valence-electron chi connectivity index (χ3n) is 2.84. The van der Waals surface area contributed by atoms with Crippen molar-refractivity contribution in [2.45, 2.75) is 30.9 Å². The van der Waals surface area contributed by atoms with Crippen molar-refractivity contribution in [2.75, 3.05) is 11.1 Å². The molecule has 0 radical (unpaired) electrons. The maximum absolute atomic E-state index is 12.3. The standard InChI is InChI=1S/C13H16BrN5O2S2/c1-5(2)9-8(14)10(19-18-9)11(21)17-13-16-6(3)12(23-13)22-4-7(15)20/h5H,4H2,1-3H3,(H2,15,20)(H,18,19)(H,16,17,21). The number of amides is 2. The molecule has 2 heterocycles. The van der Waals surface area contributed by atoms with E-state index in [1.54, 1.807) is 0 Å². The number of aromatic nitrogens is 3. The van der Waals surface area contributed by atoms with Crippen LogP contribution in [0.4, 0.5) is 5.13 Å². The zero-order valence-electron chi connectivity index (χ0n) is 12.8. The number of hydrogen-bond acceptors (Lipinski definition) is 6. The molecule has 4 N–H and O–H groups in total. The molecule has 0 unspecified atom stereocenters. The van der Waals surface area contributed by atoms with Crippen molar-refractivity contribution in [3.8, 4) is 0 Å². The lowest BCUT2D eigenvalue weighted by molar-refractivity contribution is -0.115. The molecule has 2 aromatic heterocycles. The molecule has 0 saturated heterocycles. The van der Waals surface area contributed by atoms with Gasteiger partial charge in [-0.05, 0) is 28.8 Å². The van der Waals surface area contributed by atoms with Gasteiger partial charge in [-0.3, -0.25) is 20.0 Å². The second kappa shape index (κ2) is 7.45. The minimum atomic E-state index is -0.393. The van der Waals surface area contributed by atoms with Crippen LogP contribution in [0.1, 0.15) is 41.6 Å². The predicted octanol–water partition coefficient (Wildman–Crippen LogP) is 2.89. The molecule has 0 aliphatic heterocycles. The normalized spacial score (nSPS) is 11.0. The minimum absolute atomic E-state index is 0.180. The number of nitrogens with two attached hydrogens (primary N) is 1. The summed E-state index contributed by atoms with van der Waals surface area (Å²) in [7, 11) is 0. The fraction of sp³-hybridized carbons (Fsp3) is 0.385. The maximum Gasteiger partial charge on any atom is 0.279 e. The lowest BCUT2D eigenvalue weighted by atomic mass is 10.1. The van der Waals surface area contributed by atoms with Gasteiger partial charge < -0.3 is 5.73 Å². The first-order chi connectivity index (χ1) is 10.8. The molecule has 124 valence electrons. The average Bonchev–Trinajstić information content (AvgIpc) is 2.99. The lowest BCUT2D eigenvalue weighted by Crippen LogP contribution is -2.13. The van der Waals surface area contributed by atoms with Gasteiger partial charge in [-0.25, -0.2) is 4.98 Å². The largest absolute Gasteiger partial charge is 0.369 e. The summed E-state index contributed by atoms with van der Waals surface area (Å²) in [6.07, 6.45) is 0. The Labute approximate surface area is 150 Å². The van der Waals surface area contributed by atoms with Gasteiger partial charge in [0.15, 0.2) is 10.8 Å². The van der Waals surface area contributed by atoms with Crippen LogP contribution in [0.3, 0.4) is 0 Å². The van der Waals surface area contributed by atoms with Gasteiger partial charge in [0.1, 0.15) is 0 Å². The molecular formula is C13H16BrN5O2S2. The van der Waals surface area contributed by atoms with Crippen molar-refractivity contribution < 1.29 is 9.59 Å². The number of H-pyrrole nitrogens is 1. The highest BCUT2D eigenvalue weighted by Gasteiger charge is 2.20. The van der Waals surface area contributed by atoms with Gasteiger partial charge in [0.05, 0.1) is 25.8 Å². The van der Waals surface area contributed by atoms with E-state index in [4.69, 9.17) is 5.73 Å². The first-order valence-corrected chi connectivity index (χ1v) is 9.32. The van der Waals surface area contributed by atoms with E-state index < -0.39 is 5.91 Å². The van der Waals surface area contributed by atoms with Gasteiger partial charge in [0.2, 0.25) is 5.91 Å². The first kappa shape index (κ1) is 18.0. The molecule has 0 aliphatic rings. The molecule has 0 fully saturated rings. The van der Waals surface area contributed by atoms with Crippen LogP contribution in [0, 0.1) is 6.92 Å². The second-order valence-corrected chi connectivity index (χ2v) is 8.09. The number of aryl methyl sites for hydroxylation is 1. The topological polar surface area (TPSA) is 114 Å². The van der Waals surface area contributed by atoms with Gasteiger partial charge in [-0.2, -0.15) is 5.10 Å². The van der Waals surface area contributed by atoms with Gasteiger partial charge in [0.25, 0.3) is 5.91 Å². The molecule has 0 saturated carbocycles. The summed E-state index contributed by atoms with van der Waals surface area (Å²) in [6.45, 7) is 5.83. The number of nitrogens with one attached hydrogen (secondary N) is 2. The number of anilines is 1. The number of carbonyl (C=O) groups is 2. The van der Waals surface area contributed by atoms with Crippen molar-refractivity contribution in [2.24, 2.45) is 5.73 Å². The average molecular weight is 418 g/mol. The molecule has 0 bridgehead atoms. The van der Waals surface area contributed by atoms with Crippen LogP contribution in [0.2, 0.25) is 0 Å². The van der Waals surface area contributed by atoms with Crippen molar-refractivity contribution in [1.82, 2.24) is 15.2 Å². The number of aromatic amines is 1. The van der Waals surface area contributed by atoms with Crippen LogP contribution in [0.15, 0.2) is 8.68 Å². The fourth-order valence-corrected chi connectivity index (χ4v) is 4.43. The predicted molar refractivity (Wildman–Crippen MR) is 95.1 cm³/mol. The quantitative estimate of drug-likeness (QED) is 0.625. The molecule has 23 heavy (non-hydrogen) atoms. The number of halogens is 1. The van der Waals surface area contributed by atoms with Crippen LogP contribution in [-0.2, 0) is 4.79 Å². The summed E-state index contributed by atoms with van der Waals surface area (Å²) < 4.78 is 1.50. The summed E-state index contributed by atoms with van der Waals surface area (Å²) in [5.74, 6) is -0.341. The zero-order valence-corrected chi connectivity index (χ0v) is 16.0. The highest BCUT2D eigenvalue weighted by Crippen LogP contribution is 2.32. The molecule has 7 nitrogen and oxygen atoms in total. The number of thiazole rings is 1. The van der Waals surface area contributed by atoms with Crippen LogP contribution < -0.4 is 11.1 Å². The summed E-state index contributed by atoms with van der Waals surface area (Å²) >= 11 is 6.01. The molecule has 0 atom stereocenters. The van der Waals surface area contributed by atoms with E-state index in [-0.39, 0.29) is 23.3 Å². The maximum atomic E-state index is 12.3. The van der Waals surface area contributed by atoms with Crippen LogP contribution in [0.5, 0.6) is 0 Å². The molecule has 2 amide bonds. The van der Waals surface area contributed by atoms with E-state index in [2.05, 4.69) is 36.4 Å². The molecular weight excluding hydrogens is 402 g/mol. The number of thioether (sulfide) groups is 1. The second-order valence-electron chi connectivity index (χ2n) is 5.06. The van der Waals surface area contributed by atoms with Crippen molar-refractivity contribution in [3.05, 3.63) is 21.6 Å². The first-order valence-electron chi connectivity index (χ1n) is 6.73. The molecule has 0 aliphatic carbocycles. The lowest BCUT2D eigenvalue weighted by Gasteiger charge is -2.01. The Hall–Kier alpha value is -1.39. The Bertz CT molecular complexity index is 741. The minimum Gasteiger partial charge on any atom is -0.369 e. The Morgan fingerprint density at radius 3 is 2.74 bits per heavy atom. The molecule has 2 rings (SSSR count). The Kier molecular flexibility index (Phi) is 5.82. The van der Waals surface area contributed by atoms with Gasteiger partial charge in [-0.15, -0.1) is 11.8 Å². The molecule has 0 aromatic carbocycles. The molecule has 10 heteroatoms. The fourth-order valence-electron chi connectivity index (χ4n) is 1.74. The zero-order chi connectivity index (χ0) is 17.1. The number of rotatable bonds is 6. The third kappa shape index (κ3) is 4.33. The van der Waals surface area contributed by atoms with Gasteiger partial charge >= 0.3 is 0 Å². The van der Waals surface area contributed by atoms with E-state index in [0.29, 0.717) is 9.60 Å². The number of hydrogen-bond donors (Lipinski definition) is 3. The van der Waals surface area contributed by atoms with Crippen LogP contribution >= 0.6 is 39.0 Å². The molecule has 2 aromatic rings. The van der Waals surface area contributed by atoms with Gasteiger partial charge in [-0.1, -0.05) is 25.2 Å². The summed E-state index contributed by atoms with van der Waals surface area (Å²) in [5.41, 5.74) is 7.03. The Balaban J connectivity index is 2.11. The summed E-state index contributed by atoms with van der Waals surface area (Å²) in [6, 6.07) is 0. The van der Waals surface area contributed by atoms with E-state index in [1.165, 1.54) is 23.1 Å². The smallest absolute Gasteiger partial charge is 0.279 e. The van der Waals surface area contributed by atoms with E-state index in [0.717, 1.165) is 15.6 Å². The third-order valence-corrected chi connectivity index (χ3v) is 6.11. The SMILES string of the molecule is Cc1nc(NC(=O)c2n[nH]c(C(C)C)c2Br)sc1SCC(N)=O. The highest BCUT2D eigenvalue weighted by molar-refractivity contribution is 9.10. The van der Waals surface area contributed by atoms with Crippen molar-refractivity contribution >= 4 is 56.0 Å². The number of nitrogens with zero attached hydrogens (tertiary/aromatic N) is 2. The Morgan fingerprint density at radius 1 is 1.48 bits per heavy atom. The number of primary amides is 1. The van der Waals surface area contributed by atoms with E-state index in [1.807, 2.05) is 20.8 Å². The highest BCUT2D eigenvalue weighted by atomic mass is 79.9. The van der Waals surface area contributed by atoms with Crippen LogP contribution in [0.25, 0.3) is 0 Å². The monoisotopic (exact) mass is 417 g/mol. The van der Waals surface area contributed by atoms with Crippen LogP contribution in [-0.4, -0.2) is 32.7 Å².